The summed E-state index contributed by atoms with van der Waals surface area (Å²) in [5, 5.41) is 9.18. The number of nitrogens with zero attached hydrogens (tertiary/aromatic N) is 1. The standard InChI is InChI=1S/C14H10NO4S/c1-9(13-4-2-3-7-15-13)11-6-5-10(20(18)19)8-12(11)14(16)17/h1-8,20H,(H,16,17). The second-order valence-electron chi connectivity index (χ2n) is 3.92. The van der Waals surface area contributed by atoms with E-state index < -0.39 is 16.7 Å². The zero-order valence-electron chi connectivity index (χ0n) is 10.2. The van der Waals surface area contributed by atoms with Crippen LogP contribution in [0.4, 0.5) is 0 Å². The Morgan fingerprint density at radius 2 is 1.90 bits per heavy atom. The quantitative estimate of drug-likeness (QED) is 0.835. The molecule has 0 amide bonds. The SMILES string of the molecule is [CH]=C(c1ccccn1)c1ccc([SH](=O)=O)cc1C(=O)O. The zero-order valence-corrected chi connectivity index (χ0v) is 11.1. The van der Waals surface area contributed by atoms with Crippen LogP contribution in [0.1, 0.15) is 21.6 Å². The van der Waals surface area contributed by atoms with E-state index in [1.54, 1.807) is 18.2 Å². The summed E-state index contributed by atoms with van der Waals surface area (Å²) < 4.78 is 21.8. The molecule has 1 N–H and O–H groups in total. The van der Waals surface area contributed by atoms with Gasteiger partial charge in [0.05, 0.1) is 16.2 Å². The molecule has 1 aromatic heterocycles. The fourth-order valence-corrected chi connectivity index (χ4v) is 2.15. The van der Waals surface area contributed by atoms with Gasteiger partial charge in [-0.05, 0) is 29.8 Å². The van der Waals surface area contributed by atoms with Crippen molar-refractivity contribution in [3.05, 3.63) is 66.0 Å². The number of carboxylic acids is 1. The number of aromatic carboxylic acids is 1. The minimum atomic E-state index is -2.85. The topological polar surface area (TPSA) is 84.3 Å². The minimum Gasteiger partial charge on any atom is -0.478 e. The Morgan fingerprint density at radius 3 is 2.45 bits per heavy atom. The van der Waals surface area contributed by atoms with E-state index in [9.17, 15) is 18.3 Å². The fourth-order valence-electron chi connectivity index (χ4n) is 1.72. The van der Waals surface area contributed by atoms with Crippen molar-refractivity contribution in [2.24, 2.45) is 0 Å². The van der Waals surface area contributed by atoms with Crippen LogP contribution in [0.3, 0.4) is 0 Å². The third-order valence-corrected chi connectivity index (χ3v) is 3.38. The van der Waals surface area contributed by atoms with Gasteiger partial charge in [0, 0.05) is 11.8 Å². The monoisotopic (exact) mass is 288 g/mol. The summed E-state index contributed by atoms with van der Waals surface area (Å²) in [4.78, 5) is 15.2. The largest absolute Gasteiger partial charge is 0.478 e. The van der Waals surface area contributed by atoms with Crippen LogP contribution >= 0.6 is 0 Å². The first-order chi connectivity index (χ1) is 9.50. The molecule has 0 aliphatic heterocycles. The molecule has 0 aliphatic rings. The van der Waals surface area contributed by atoms with E-state index >= 15 is 0 Å². The first-order valence-electron chi connectivity index (χ1n) is 5.56. The molecule has 0 saturated heterocycles. The number of hydrogen-bond donors (Lipinski definition) is 2. The van der Waals surface area contributed by atoms with Gasteiger partial charge in [-0.2, -0.15) is 0 Å². The van der Waals surface area contributed by atoms with E-state index in [4.69, 9.17) is 6.58 Å². The number of pyridine rings is 1. The van der Waals surface area contributed by atoms with Crippen LogP contribution in [-0.2, 0) is 10.7 Å². The maximum absolute atomic E-state index is 11.2. The van der Waals surface area contributed by atoms with Gasteiger partial charge < -0.3 is 5.11 Å². The molecule has 0 spiro atoms. The summed E-state index contributed by atoms with van der Waals surface area (Å²) >= 11 is 0. The second-order valence-corrected chi connectivity index (χ2v) is 4.95. The van der Waals surface area contributed by atoms with Crippen molar-refractivity contribution >= 4 is 22.2 Å². The molecule has 0 aliphatic carbocycles. The first-order valence-corrected chi connectivity index (χ1v) is 6.74. The minimum absolute atomic E-state index is 0.0741. The van der Waals surface area contributed by atoms with Crippen molar-refractivity contribution < 1.29 is 18.3 Å². The van der Waals surface area contributed by atoms with Crippen molar-refractivity contribution in [1.82, 2.24) is 4.98 Å². The average molecular weight is 288 g/mol. The lowest BCUT2D eigenvalue weighted by atomic mass is 9.98. The first kappa shape index (κ1) is 14.0. The van der Waals surface area contributed by atoms with Crippen LogP contribution in [0.15, 0.2) is 47.5 Å². The lowest BCUT2D eigenvalue weighted by Crippen LogP contribution is -2.04. The highest BCUT2D eigenvalue weighted by molar-refractivity contribution is 7.72. The third kappa shape index (κ3) is 2.75. The van der Waals surface area contributed by atoms with Crippen molar-refractivity contribution in [1.29, 1.82) is 0 Å². The number of carboxylic acid groups (broad SMARTS) is 1. The number of thiol groups is 1. The lowest BCUT2D eigenvalue weighted by molar-refractivity contribution is 0.0696. The Morgan fingerprint density at radius 1 is 1.15 bits per heavy atom. The fraction of sp³-hybridized carbons (Fsp3) is 0. The van der Waals surface area contributed by atoms with Gasteiger partial charge in [0.25, 0.3) is 0 Å². The van der Waals surface area contributed by atoms with E-state index in [1.165, 1.54) is 18.3 Å². The van der Waals surface area contributed by atoms with Gasteiger partial charge in [-0.15, -0.1) is 0 Å². The molecule has 101 valence electrons. The van der Waals surface area contributed by atoms with Gasteiger partial charge in [-0.3, -0.25) is 4.98 Å². The molecule has 6 heteroatoms. The molecule has 1 heterocycles. The Labute approximate surface area is 117 Å². The zero-order chi connectivity index (χ0) is 14.7. The molecule has 1 aromatic carbocycles. The Bertz CT molecular complexity index is 743. The maximum atomic E-state index is 11.2. The molecule has 0 bridgehead atoms. The van der Waals surface area contributed by atoms with Gasteiger partial charge in [0.15, 0.2) is 10.7 Å². The normalized spacial score (nSPS) is 10.4. The highest BCUT2D eigenvalue weighted by atomic mass is 32.2. The number of rotatable bonds is 4. The maximum Gasteiger partial charge on any atom is 0.336 e. The lowest BCUT2D eigenvalue weighted by Gasteiger charge is -2.09. The molecule has 0 unspecified atom stereocenters. The van der Waals surface area contributed by atoms with Gasteiger partial charge in [0.2, 0.25) is 0 Å². The number of carbonyl (C=O) groups is 1. The predicted octanol–water partition coefficient (Wildman–Crippen LogP) is 1.61. The smallest absolute Gasteiger partial charge is 0.336 e. The highest BCUT2D eigenvalue weighted by Crippen LogP contribution is 2.24. The predicted molar refractivity (Wildman–Crippen MR) is 73.0 cm³/mol. The Kier molecular flexibility index (Phi) is 3.95. The summed E-state index contributed by atoms with van der Waals surface area (Å²) in [6.45, 7) is 5.92. The number of benzene rings is 1. The average Bonchev–Trinajstić information content (AvgIpc) is 2.46. The van der Waals surface area contributed by atoms with Crippen LogP contribution in [0.2, 0.25) is 0 Å². The molecule has 1 radical (unpaired) electrons. The molecule has 2 aromatic rings. The van der Waals surface area contributed by atoms with E-state index in [1.807, 2.05) is 0 Å². The van der Waals surface area contributed by atoms with E-state index in [2.05, 4.69) is 4.98 Å². The molecule has 0 atom stereocenters. The molecule has 2 rings (SSSR count). The van der Waals surface area contributed by atoms with Gasteiger partial charge >= 0.3 is 5.97 Å². The van der Waals surface area contributed by atoms with Gasteiger partial charge in [0.1, 0.15) is 0 Å². The Balaban J connectivity index is 2.57. The summed E-state index contributed by atoms with van der Waals surface area (Å²) in [7, 11) is -2.85. The molecule has 0 fully saturated rings. The van der Waals surface area contributed by atoms with Gasteiger partial charge in [-0.1, -0.05) is 18.7 Å². The van der Waals surface area contributed by atoms with Crippen LogP contribution in [0, 0.1) is 6.58 Å². The van der Waals surface area contributed by atoms with E-state index in [-0.39, 0.29) is 21.6 Å². The molecule has 20 heavy (non-hydrogen) atoms. The van der Waals surface area contributed by atoms with E-state index in [0.717, 1.165) is 6.07 Å². The van der Waals surface area contributed by atoms with Crippen molar-refractivity contribution in [2.45, 2.75) is 4.90 Å². The van der Waals surface area contributed by atoms with Crippen LogP contribution in [0.5, 0.6) is 0 Å². The third-order valence-electron chi connectivity index (χ3n) is 2.68. The summed E-state index contributed by atoms with van der Waals surface area (Å²) in [6.07, 6.45) is 1.53. The molecule has 5 nitrogen and oxygen atoms in total. The van der Waals surface area contributed by atoms with Gasteiger partial charge in [-0.25, -0.2) is 13.2 Å². The van der Waals surface area contributed by atoms with Crippen molar-refractivity contribution in [2.75, 3.05) is 0 Å². The van der Waals surface area contributed by atoms with Crippen molar-refractivity contribution in [3.63, 3.8) is 0 Å². The summed E-state index contributed by atoms with van der Waals surface area (Å²) in [5.41, 5.74) is 0.659. The highest BCUT2D eigenvalue weighted by Gasteiger charge is 2.15. The van der Waals surface area contributed by atoms with Crippen molar-refractivity contribution in [3.8, 4) is 0 Å². The summed E-state index contributed by atoms with van der Waals surface area (Å²) in [5.74, 6) is -1.25. The number of aromatic nitrogens is 1. The molecular formula is C14H10NO4S. The van der Waals surface area contributed by atoms with Crippen LogP contribution < -0.4 is 0 Å². The summed E-state index contributed by atoms with van der Waals surface area (Å²) in [6, 6.07) is 8.83. The molecular weight excluding hydrogens is 278 g/mol. The number of hydrogen-bond acceptors (Lipinski definition) is 4. The van der Waals surface area contributed by atoms with Crippen LogP contribution in [-0.4, -0.2) is 24.5 Å². The Hall–Kier alpha value is -2.47. The molecule has 0 saturated carbocycles. The second kappa shape index (κ2) is 5.66. The van der Waals surface area contributed by atoms with E-state index in [0.29, 0.717) is 5.69 Å². The van der Waals surface area contributed by atoms with Crippen LogP contribution in [0.25, 0.3) is 5.57 Å².